The predicted molar refractivity (Wildman–Crippen MR) is 82.1 cm³/mol. The molecule has 0 saturated carbocycles. The molecule has 1 amide bonds. The van der Waals surface area contributed by atoms with Gasteiger partial charge < -0.3 is 14.6 Å². The van der Waals surface area contributed by atoms with Gasteiger partial charge in [-0.05, 0) is 12.1 Å². The number of aromatic nitrogens is 3. The number of amides is 1. The molecule has 3 heterocycles. The molecule has 118 valence electrons. The number of morpholine rings is 1. The van der Waals surface area contributed by atoms with Crippen molar-refractivity contribution >= 4 is 5.91 Å². The molecule has 0 bridgehead atoms. The summed E-state index contributed by atoms with van der Waals surface area (Å²) in [7, 11) is 1.83. The van der Waals surface area contributed by atoms with E-state index < -0.39 is 0 Å². The van der Waals surface area contributed by atoms with Gasteiger partial charge >= 0.3 is 0 Å². The Balaban J connectivity index is 1.61. The van der Waals surface area contributed by atoms with Crippen molar-refractivity contribution < 1.29 is 9.53 Å². The predicted octanol–water partition coefficient (Wildman–Crippen LogP) is 0.273. The van der Waals surface area contributed by atoms with E-state index in [-0.39, 0.29) is 5.91 Å². The van der Waals surface area contributed by atoms with E-state index >= 15 is 0 Å². The zero-order valence-corrected chi connectivity index (χ0v) is 12.7. The van der Waals surface area contributed by atoms with E-state index in [1.807, 2.05) is 36.1 Å². The SMILES string of the molecule is Cn1ncc(C(=O)NCCN2CCOCC2)c1-n1cccc1. The van der Waals surface area contributed by atoms with Gasteiger partial charge in [0.1, 0.15) is 11.4 Å². The Morgan fingerprint density at radius 2 is 2.05 bits per heavy atom. The molecule has 0 atom stereocenters. The van der Waals surface area contributed by atoms with E-state index in [2.05, 4.69) is 15.3 Å². The van der Waals surface area contributed by atoms with Gasteiger partial charge in [-0.25, -0.2) is 0 Å². The van der Waals surface area contributed by atoms with Gasteiger partial charge in [0.25, 0.3) is 5.91 Å². The summed E-state index contributed by atoms with van der Waals surface area (Å²) in [6.45, 7) is 4.87. The van der Waals surface area contributed by atoms with Gasteiger partial charge in [0.05, 0.1) is 19.4 Å². The number of carbonyl (C=O) groups excluding carboxylic acids is 1. The van der Waals surface area contributed by atoms with Crippen LogP contribution in [0.5, 0.6) is 0 Å². The van der Waals surface area contributed by atoms with Gasteiger partial charge in [-0.1, -0.05) is 0 Å². The topological polar surface area (TPSA) is 64.3 Å². The average Bonchev–Trinajstić information content (AvgIpc) is 3.17. The number of aryl methyl sites for hydroxylation is 1. The highest BCUT2D eigenvalue weighted by atomic mass is 16.5. The molecule has 2 aromatic heterocycles. The Morgan fingerprint density at radius 1 is 1.32 bits per heavy atom. The molecule has 0 radical (unpaired) electrons. The van der Waals surface area contributed by atoms with Crippen LogP contribution in [0.25, 0.3) is 5.82 Å². The fourth-order valence-corrected chi connectivity index (χ4v) is 2.62. The number of hydrogen-bond acceptors (Lipinski definition) is 4. The maximum absolute atomic E-state index is 12.4. The first-order chi connectivity index (χ1) is 10.8. The third kappa shape index (κ3) is 3.20. The van der Waals surface area contributed by atoms with Crippen LogP contribution in [0.1, 0.15) is 10.4 Å². The molecule has 2 aromatic rings. The van der Waals surface area contributed by atoms with Crippen LogP contribution in [0.15, 0.2) is 30.7 Å². The molecular weight excluding hydrogens is 282 g/mol. The fourth-order valence-electron chi connectivity index (χ4n) is 2.62. The van der Waals surface area contributed by atoms with E-state index in [9.17, 15) is 4.79 Å². The van der Waals surface area contributed by atoms with E-state index in [1.165, 1.54) is 0 Å². The molecule has 0 aliphatic carbocycles. The van der Waals surface area contributed by atoms with Gasteiger partial charge in [-0.15, -0.1) is 0 Å². The molecule has 1 N–H and O–H groups in total. The van der Waals surface area contributed by atoms with Crippen molar-refractivity contribution in [1.29, 1.82) is 0 Å². The van der Waals surface area contributed by atoms with Crippen molar-refractivity contribution in [2.75, 3.05) is 39.4 Å². The van der Waals surface area contributed by atoms with Crippen LogP contribution in [-0.2, 0) is 11.8 Å². The van der Waals surface area contributed by atoms with Crippen LogP contribution in [0, 0.1) is 0 Å². The van der Waals surface area contributed by atoms with Gasteiger partial charge in [0, 0.05) is 45.6 Å². The van der Waals surface area contributed by atoms with Gasteiger partial charge in [0.15, 0.2) is 0 Å². The lowest BCUT2D eigenvalue weighted by Gasteiger charge is -2.26. The average molecular weight is 303 g/mol. The summed E-state index contributed by atoms with van der Waals surface area (Å²) in [6.07, 6.45) is 5.42. The minimum atomic E-state index is -0.0925. The Kier molecular flexibility index (Phi) is 4.55. The lowest BCUT2D eigenvalue weighted by atomic mass is 10.3. The molecule has 0 spiro atoms. The van der Waals surface area contributed by atoms with E-state index in [1.54, 1.807) is 10.9 Å². The lowest BCUT2D eigenvalue weighted by Crippen LogP contribution is -2.41. The van der Waals surface area contributed by atoms with Crippen molar-refractivity contribution in [3.8, 4) is 5.82 Å². The van der Waals surface area contributed by atoms with Crippen LogP contribution in [0.4, 0.5) is 0 Å². The van der Waals surface area contributed by atoms with Crippen molar-refractivity contribution in [3.05, 3.63) is 36.3 Å². The molecular formula is C15H21N5O2. The lowest BCUT2D eigenvalue weighted by molar-refractivity contribution is 0.0383. The molecule has 0 aromatic carbocycles. The summed E-state index contributed by atoms with van der Waals surface area (Å²) in [4.78, 5) is 14.7. The normalized spacial score (nSPS) is 15.9. The second kappa shape index (κ2) is 6.76. The highest BCUT2D eigenvalue weighted by Gasteiger charge is 2.17. The summed E-state index contributed by atoms with van der Waals surface area (Å²) in [5, 5.41) is 7.17. The summed E-state index contributed by atoms with van der Waals surface area (Å²) in [5.41, 5.74) is 0.584. The Morgan fingerprint density at radius 3 is 2.77 bits per heavy atom. The number of rotatable bonds is 5. The van der Waals surface area contributed by atoms with Crippen LogP contribution in [-0.4, -0.2) is 64.5 Å². The first kappa shape index (κ1) is 14.8. The number of hydrogen-bond donors (Lipinski definition) is 1. The molecule has 1 saturated heterocycles. The summed E-state index contributed by atoms with van der Waals surface area (Å²) < 4.78 is 8.91. The monoisotopic (exact) mass is 303 g/mol. The molecule has 0 unspecified atom stereocenters. The quantitative estimate of drug-likeness (QED) is 0.861. The summed E-state index contributed by atoms with van der Waals surface area (Å²) >= 11 is 0. The zero-order chi connectivity index (χ0) is 15.4. The summed E-state index contributed by atoms with van der Waals surface area (Å²) in [6, 6.07) is 3.85. The van der Waals surface area contributed by atoms with Gasteiger partial charge in [-0.2, -0.15) is 5.10 Å². The van der Waals surface area contributed by atoms with Crippen molar-refractivity contribution in [2.45, 2.75) is 0 Å². The highest BCUT2D eigenvalue weighted by Crippen LogP contribution is 2.13. The van der Waals surface area contributed by atoms with Gasteiger partial charge in [0.2, 0.25) is 0 Å². The van der Waals surface area contributed by atoms with Gasteiger partial charge in [-0.3, -0.25) is 14.4 Å². The molecule has 1 fully saturated rings. The first-order valence-electron chi connectivity index (χ1n) is 7.49. The van der Waals surface area contributed by atoms with Crippen LogP contribution in [0.2, 0.25) is 0 Å². The molecule has 3 rings (SSSR count). The number of nitrogens with one attached hydrogen (secondary N) is 1. The van der Waals surface area contributed by atoms with Crippen LogP contribution >= 0.6 is 0 Å². The first-order valence-corrected chi connectivity index (χ1v) is 7.49. The molecule has 1 aliphatic rings. The third-order valence-electron chi connectivity index (χ3n) is 3.82. The largest absolute Gasteiger partial charge is 0.379 e. The maximum atomic E-state index is 12.4. The van der Waals surface area contributed by atoms with Crippen LogP contribution < -0.4 is 5.32 Å². The smallest absolute Gasteiger partial charge is 0.256 e. The molecule has 22 heavy (non-hydrogen) atoms. The number of nitrogens with zero attached hydrogens (tertiary/aromatic N) is 4. The zero-order valence-electron chi connectivity index (χ0n) is 12.7. The highest BCUT2D eigenvalue weighted by molar-refractivity contribution is 5.97. The minimum Gasteiger partial charge on any atom is -0.379 e. The molecule has 1 aliphatic heterocycles. The van der Waals surface area contributed by atoms with Crippen LogP contribution in [0.3, 0.4) is 0 Å². The second-order valence-corrected chi connectivity index (χ2v) is 5.31. The Hall–Kier alpha value is -2.12. The standard InChI is InChI=1S/C15H21N5O2/c1-18-15(20-5-2-3-6-20)13(12-17-18)14(21)16-4-7-19-8-10-22-11-9-19/h2-3,5-6,12H,4,7-11H2,1H3,(H,16,21). The summed E-state index contributed by atoms with van der Waals surface area (Å²) in [5.74, 6) is 0.680. The van der Waals surface area contributed by atoms with Crippen molar-refractivity contribution in [2.24, 2.45) is 7.05 Å². The minimum absolute atomic E-state index is 0.0925. The Bertz CT molecular complexity index is 614. The maximum Gasteiger partial charge on any atom is 0.256 e. The molecule has 7 nitrogen and oxygen atoms in total. The number of ether oxygens (including phenoxy) is 1. The second-order valence-electron chi connectivity index (χ2n) is 5.31. The Labute approximate surface area is 129 Å². The van der Waals surface area contributed by atoms with E-state index in [4.69, 9.17) is 4.74 Å². The third-order valence-corrected chi connectivity index (χ3v) is 3.82. The number of carbonyl (C=O) groups is 1. The van der Waals surface area contributed by atoms with E-state index in [0.29, 0.717) is 12.1 Å². The van der Waals surface area contributed by atoms with E-state index in [0.717, 1.165) is 38.7 Å². The van der Waals surface area contributed by atoms with Crippen molar-refractivity contribution in [1.82, 2.24) is 24.6 Å². The molecule has 7 heteroatoms. The van der Waals surface area contributed by atoms with Crippen molar-refractivity contribution in [3.63, 3.8) is 0 Å². The fraction of sp³-hybridized carbons (Fsp3) is 0.467.